The Kier molecular flexibility index (Phi) is 6.05. The number of rotatable bonds is 6. The van der Waals surface area contributed by atoms with Gasteiger partial charge in [-0.1, -0.05) is 6.07 Å². The molecule has 0 spiro atoms. The van der Waals surface area contributed by atoms with Crippen molar-refractivity contribution in [1.29, 1.82) is 0 Å². The first kappa shape index (κ1) is 20.9. The van der Waals surface area contributed by atoms with Crippen LogP contribution in [0.1, 0.15) is 22.5 Å². The summed E-state index contributed by atoms with van der Waals surface area (Å²) in [5.41, 5.74) is 2.36. The number of hydrogen-bond donors (Lipinski definition) is 3. The van der Waals surface area contributed by atoms with Gasteiger partial charge in [0, 0.05) is 23.9 Å². The SMILES string of the molecule is COc1ccc(CNC(=O)Nc2cc(C)nn2-c2nc(C)c(C)c(=O)[nH]2)cc1OC. The van der Waals surface area contributed by atoms with Crippen molar-refractivity contribution < 1.29 is 14.3 Å². The fourth-order valence-electron chi connectivity index (χ4n) is 2.81. The lowest BCUT2D eigenvalue weighted by Crippen LogP contribution is -2.29. The van der Waals surface area contributed by atoms with Crippen LogP contribution in [0.5, 0.6) is 11.5 Å². The van der Waals surface area contributed by atoms with Gasteiger partial charge in [-0.2, -0.15) is 9.78 Å². The fraction of sp³-hybridized carbons (Fsp3) is 0.300. The van der Waals surface area contributed by atoms with E-state index >= 15 is 0 Å². The Morgan fingerprint density at radius 1 is 1.13 bits per heavy atom. The third kappa shape index (κ3) is 4.43. The average molecular weight is 412 g/mol. The van der Waals surface area contributed by atoms with E-state index in [2.05, 4.69) is 25.7 Å². The number of ether oxygens (including phenoxy) is 2. The van der Waals surface area contributed by atoms with Gasteiger partial charge in [-0.05, 0) is 38.5 Å². The van der Waals surface area contributed by atoms with E-state index < -0.39 is 6.03 Å². The minimum absolute atomic E-state index is 0.228. The Morgan fingerprint density at radius 3 is 2.53 bits per heavy atom. The van der Waals surface area contributed by atoms with Crippen molar-refractivity contribution in [3.8, 4) is 17.4 Å². The maximum Gasteiger partial charge on any atom is 0.320 e. The van der Waals surface area contributed by atoms with Crippen molar-refractivity contribution in [2.75, 3.05) is 19.5 Å². The van der Waals surface area contributed by atoms with E-state index in [-0.39, 0.29) is 18.1 Å². The average Bonchev–Trinajstić information content (AvgIpc) is 3.09. The van der Waals surface area contributed by atoms with Crippen molar-refractivity contribution in [3.63, 3.8) is 0 Å². The lowest BCUT2D eigenvalue weighted by atomic mass is 10.2. The number of hydrogen-bond acceptors (Lipinski definition) is 6. The Labute approximate surface area is 173 Å². The molecule has 3 rings (SSSR count). The summed E-state index contributed by atoms with van der Waals surface area (Å²) in [5, 5.41) is 9.83. The van der Waals surface area contributed by atoms with Gasteiger partial charge in [0.1, 0.15) is 5.82 Å². The molecule has 0 fully saturated rings. The fourth-order valence-corrected chi connectivity index (χ4v) is 2.81. The first-order chi connectivity index (χ1) is 14.3. The quantitative estimate of drug-likeness (QED) is 0.570. The number of amides is 2. The number of nitrogens with zero attached hydrogens (tertiary/aromatic N) is 3. The maximum absolute atomic E-state index is 12.4. The van der Waals surface area contributed by atoms with Crippen molar-refractivity contribution in [2.45, 2.75) is 27.3 Å². The maximum atomic E-state index is 12.4. The van der Waals surface area contributed by atoms with Crippen LogP contribution in [-0.4, -0.2) is 40.0 Å². The van der Waals surface area contributed by atoms with E-state index in [9.17, 15) is 9.59 Å². The molecule has 0 aliphatic heterocycles. The molecule has 1 aromatic carbocycles. The Balaban J connectivity index is 1.75. The molecule has 0 bridgehead atoms. The van der Waals surface area contributed by atoms with Crippen LogP contribution in [0.4, 0.5) is 10.6 Å². The summed E-state index contributed by atoms with van der Waals surface area (Å²) in [7, 11) is 3.11. The highest BCUT2D eigenvalue weighted by Crippen LogP contribution is 2.27. The van der Waals surface area contributed by atoms with E-state index in [0.29, 0.717) is 34.3 Å². The first-order valence-corrected chi connectivity index (χ1v) is 9.22. The van der Waals surface area contributed by atoms with Gasteiger partial charge in [0.2, 0.25) is 5.95 Å². The zero-order valence-corrected chi connectivity index (χ0v) is 17.5. The van der Waals surface area contributed by atoms with Gasteiger partial charge in [0.05, 0.1) is 19.9 Å². The molecule has 158 valence electrons. The number of nitrogens with one attached hydrogen (secondary N) is 3. The molecule has 0 saturated carbocycles. The molecule has 0 aliphatic carbocycles. The van der Waals surface area contributed by atoms with Crippen LogP contribution in [0.3, 0.4) is 0 Å². The summed E-state index contributed by atoms with van der Waals surface area (Å²) in [6, 6.07) is 6.65. The van der Waals surface area contributed by atoms with Gasteiger partial charge in [0.25, 0.3) is 5.56 Å². The van der Waals surface area contributed by atoms with Gasteiger partial charge < -0.3 is 14.8 Å². The molecule has 30 heavy (non-hydrogen) atoms. The van der Waals surface area contributed by atoms with E-state index in [1.807, 2.05) is 6.07 Å². The summed E-state index contributed by atoms with van der Waals surface area (Å²) in [6.07, 6.45) is 0. The number of urea groups is 1. The molecule has 3 aromatic rings. The van der Waals surface area contributed by atoms with Gasteiger partial charge >= 0.3 is 6.03 Å². The molecular weight excluding hydrogens is 388 g/mol. The van der Waals surface area contributed by atoms with Gasteiger partial charge in [-0.25, -0.2) is 9.78 Å². The highest BCUT2D eigenvalue weighted by molar-refractivity contribution is 5.88. The van der Waals surface area contributed by atoms with Crippen LogP contribution < -0.4 is 25.7 Å². The van der Waals surface area contributed by atoms with Crippen molar-refractivity contribution in [1.82, 2.24) is 25.1 Å². The molecule has 10 nitrogen and oxygen atoms in total. The summed E-state index contributed by atoms with van der Waals surface area (Å²) in [6.45, 7) is 5.49. The summed E-state index contributed by atoms with van der Waals surface area (Å²) in [5.74, 6) is 1.80. The van der Waals surface area contributed by atoms with Crippen LogP contribution in [0.2, 0.25) is 0 Å². The van der Waals surface area contributed by atoms with E-state index in [0.717, 1.165) is 5.56 Å². The molecule has 0 radical (unpaired) electrons. The predicted molar refractivity (Wildman–Crippen MR) is 112 cm³/mol. The molecular formula is C20H24N6O4. The second kappa shape index (κ2) is 8.68. The van der Waals surface area contributed by atoms with Crippen LogP contribution in [0.15, 0.2) is 29.1 Å². The van der Waals surface area contributed by atoms with Crippen molar-refractivity contribution in [2.24, 2.45) is 0 Å². The Morgan fingerprint density at radius 2 is 1.87 bits per heavy atom. The minimum atomic E-state index is -0.433. The van der Waals surface area contributed by atoms with Crippen LogP contribution in [-0.2, 0) is 6.54 Å². The lowest BCUT2D eigenvalue weighted by Gasteiger charge is -2.12. The van der Waals surface area contributed by atoms with Gasteiger partial charge in [0.15, 0.2) is 11.5 Å². The third-order valence-electron chi connectivity index (χ3n) is 4.56. The highest BCUT2D eigenvalue weighted by atomic mass is 16.5. The monoisotopic (exact) mass is 412 g/mol. The van der Waals surface area contributed by atoms with Gasteiger partial charge in [-0.3, -0.25) is 15.1 Å². The van der Waals surface area contributed by atoms with Crippen LogP contribution >= 0.6 is 0 Å². The van der Waals surface area contributed by atoms with Gasteiger partial charge in [-0.15, -0.1) is 0 Å². The number of aromatic nitrogens is 4. The number of anilines is 1. The predicted octanol–water partition coefficient (Wildman–Crippen LogP) is 2.22. The van der Waals surface area contributed by atoms with Crippen LogP contribution in [0, 0.1) is 20.8 Å². The molecule has 2 amide bonds. The van der Waals surface area contributed by atoms with Crippen LogP contribution in [0.25, 0.3) is 5.95 Å². The number of methoxy groups -OCH3 is 2. The van der Waals surface area contributed by atoms with E-state index in [1.165, 1.54) is 4.68 Å². The topological polar surface area (TPSA) is 123 Å². The summed E-state index contributed by atoms with van der Waals surface area (Å²) >= 11 is 0. The number of aryl methyl sites for hydroxylation is 2. The van der Waals surface area contributed by atoms with Crippen molar-refractivity contribution in [3.05, 3.63) is 57.1 Å². The molecule has 2 heterocycles. The summed E-state index contributed by atoms with van der Waals surface area (Å²) < 4.78 is 11.9. The Hall–Kier alpha value is -3.82. The molecule has 10 heteroatoms. The highest BCUT2D eigenvalue weighted by Gasteiger charge is 2.14. The first-order valence-electron chi connectivity index (χ1n) is 9.22. The number of carbonyl (C=O) groups is 1. The van der Waals surface area contributed by atoms with Crippen molar-refractivity contribution >= 4 is 11.8 Å². The molecule has 0 saturated heterocycles. The molecule has 2 aromatic heterocycles. The second-order valence-corrected chi connectivity index (χ2v) is 6.68. The molecule has 0 atom stereocenters. The summed E-state index contributed by atoms with van der Waals surface area (Å²) in [4.78, 5) is 31.5. The molecule has 0 aliphatic rings. The van der Waals surface area contributed by atoms with E-state index in [4.69, 9.17) is 9.47 Å². The normalized spacial score (nSPS) is 10.6. The number of benzene rings is 1. The molecule has 0 unspecified atom stereocenters. The standard InChI is InChI=1S/C20H24N6O4/c1-11-8-17(26(25-11)19-22-13(3)12(2)18(27)24-19)23-20(28)21-10-14-6-7-15(29-4)16(9-14)30-5/h6-9H,10H2,1-5H3,(H2,21,23,28)(H,22,24,27). The zero-order chi connectivity index (χ0) is 21.8. The second-order valence-electron chi connectivity index (χ2n) is 6.68. The molecule has 3 N–H and O–H groups in total. The number of carbonyl (C=O) groups excluding carboxylic acids is 1. The Bertz CT molecular complexity index is 1130. The smallest absolute Gasteiger partial charge is 0.320 e. The largest absolute Gasteiger partial charge is 0.493 e. The zero-order valence-electron chi connectivity index (χ0n) is 17.5. The number of aromatic amines is 1. The van der Waals surface area contributed by atoms with E-state index in [1.54, 1.807) is 53.2 Å². The minimum Gasteiger partial charge on any atom is -0.493 e. The number of H-pyrrole nitrogens is 1. The lowest BCUT2D eigenvalue weighted by molar-refractivity contribution is 0.251. The third-order valence-corrected chi connectivity index (χ3v) is 4.56.